The molecule has 0 radical (unpaired) electrons. The van der Waals surface area contributed by atoms with E-state index in [2.05, 4.69) is 10.1 Å². The van der Waals surface area contributed by atoms with E-state index in [1.165, 1.54) is 0 Å². The predicted molar refractivity (Wildman–Crippen MR) is 59.2 cm³/mol. The number of carboxylic acid groups (broad SMARTS) is 1. The second-order valence-electron chi connectivity index (χ2n) is 3.43. The molecule has 0 heterocycles. The van der Waals surface area contributed by atoms with Crippen LogP contribution in [0.1, 0.15) is 26.2 Å². The molecule has 0 aromatic heterocycles. The Balaban J connectivity index is 4.14. The van der Waals surface area contributed by atoms with Crippen molar-refractivity contribution in [3.63, 3.8) is 0 Å². The van der Waals surface area contributed by atoms with Gasteiger partial charge in [0.05, 0.1) is 19.4 Å². The summed E-state index contributed by atoms with van der Waals surface area (Å²) < 4.78 is 4.60. The minimum atomic E-state index is -1.38. The van der Waals surface area contributed by atoms with E-state index in [9.17, 15) is 19.2 Å². The fourth-order valence-corrected chi connectivity index (χ4v) is 1.12. The van der Waals surface area contributed by atoms with Crippen molar-refractivity contribution >= 4 is 23.8 Å². The van der Waals surface area contributed by atoms with E-state index in [-0.39, 0.29) is 19.4 Å². The summed E-state index contributed by atoms with van der Waals surface area (Å²) in [5, 5.41) is 10.8. The van der Waals surface area contributed by atoms with Gasteiger partial charge in [-0.1, -0.05) is 0 Å². The van der Waals surface area contributed by atoms with Crippen LogP contribution in [0.4, 0.5) is 0 Å². The predicted octanol–water partition coefficient (Wildman–Crippen LogP) is -1.23. The fourth-order valence-electron chi connectivity index (χ4n) is 1.12. The van der Waals surface area contributed by atoms with Gasteiger partial charge in [0.2, 0.25) is 11.8 Å². The van der Waals surface area contributed by atoms with Crippen molar-refractivity contribution in [2.45, 2.75) is 32.2 Å². The first kappa shape index (κ1) is 15.9. The molecule has 0 aromatic carbocycles. The number of carbonyl (C=O) groups is 4. The van der Waals surface area contributed by atoms with Gasteiger partial charge in [-0.2, -0.15) is 0 Å². The highest BCUT2D eigenvalue weighted by atomic mass is 16.5. The second kappa shape index (κ2) is 8.04. The quantitative estimate of drug-likeness (QED) is 0.468. The van der Waals surface area contributed by atoms with Crippen molar-refractivity contribution in [2.75, 3.05) is 6.61 Å². The van der Waals surface area contributed by atoms with E-state index in [1.807, 2.05) is 0 Å². The first-order chi connectivity index (χ1) is 8.36. The molecule has 0 fully saturated rings. The molecule has 0 aliphatic carbocycles. The van der Waals surface area contributed by atoms with Crippen molar-refractivity contribution in [3.05, 3.63) is 0 Å². The van der Waals surface area contributed by atoms with Crippen molar-refractivity contribution in [1.82, 2.24) is 5.32 Å². The molecule has 102 valence electrons. The number of ether oxygens (including phenoxy) is 1. The lowest BCUT2D eigenvalue weighted by Crippen LogP contribution is -2.43. The topological polar surface area (TPSA) is 136 Å². The number of rotatable bonds is 8. The Morgan fingerprint density at radius 3 is 2.33 bits per heavy atom. The van der Waals surface area contributed by atoms with E-state index in [4.69, 9.17) is 10.8 Å². The number of esters is 1. The van der Waals surface area contributed by atoms with Gasteiger partial charge in [-0.15, -0.1) is 0 Å². The van der Waals surface area contributed by atoms with Gasteiger partial charge in [-0.3, -0.25) is 14.4 Å². The molecule has 0 spiro atoms. The van der Waals surface area contributed by atoms with Gasteiger partial charge in [0.25, 0.3) is 0 Å². The van der Waals surface area contributed by atoms with Gasteiger partial charge < -0.3 is 20.9 Å². The van der Waals surface area contributed by atoms with E-state index < -0.39 is 36.2 Å². The first-order valence-corrected chi connectivity index (χ1v) is 5.32. The zero-order valence-electron chi connectivity index (χ0n) is 9.97. The smallest absolute Gasteiger partial charge is 0.326 e. The van der Waals surface area contributed by atoms with Crippen LogP contribution < -0.4 is 11.1 Å². The van der Waals surface area contributed by atoms with Crippen LogP contribution in [0.2, 0.25) is 0 Å². The van der Waals surface area contributed by atoms with Crippen LogP contribution in [0.25, 0.3) is 0 Å². The molecule has 4 N–H and O–H groups in total. The van der Waals surface area contributed by atoms with E-state index in [0.29, 0.717) is 0 Å². The Morgan fingerprint density at radius 2 is 1.89 bits per heavy atom. The third-order valence-electron chi connectivity index (χ3n) is 1.90. The van der Waals surface area contributed by atoms with Crippen LogP contribution in [0, 0.1) is 0 Å². The van der Waals surface area contributed by atoms with E-state index >= 15 is 0 Å². The Bertz CT molecular complexity index is 341. The van der Waals surface area contributed by atoms with E-state index in [0.717, 1.165) is 0 Å². The summed E-state index contributed by atoms with van der Waals surface area (Å²) in [6.07, 6.45) is -0.857. The highest BCUT2D eigenvalue weighted by molar-refractivity contribution is 5.89. The van der Waals surface area contributed by atoms with Gasteiger partial charge in [0.1, 0.15) is 6.04 Å². The maximum Gasteiger partial charge on any atom is 0.326 e. The number of nitrogens with two attached hydrogens (primary N) is 1. The summed E-state index contributed by atoms with van der Waals surface area (Å²) in [5.41, 5.74) is 4.84. The Hall–Kier alpha value is -2.12. The molecule has 0 aliphatic heterocycles. The Morgan fingerprint density at radius 1 is 1.28 bits per heavy atom. The minimum absolute atomic E-state index is 0.150. The highest BCUT2D eigenvalue weighted by Crippen LogP contribution is 1.97. The summed E-state index contributed by atoms with van der Waals surface area (Å²) in [4.78, 5) is 43.5. The van der Waals surface area contributed by atoms with Crippen LogP contribution in [-0.4, -0.2) is 41.5 Å². The largest absolute Gasteiger partial charge is 0.480 e. The number of carbonyl (C=O) groups excluding carboxylic acids is 3. The molecule has 0 aromatic rings. The van der Waals surface area contributed by atoms with Crippen LogP contribution in [0.3, 0.4) is 0 Å². The number of hydrogen-bond donors (Lipinski definition) is 3. The number of primary amides is 1. The molecule has 18 heavy (non-hydrogen) atoms. The first-order valence-electron chi connectivity index (χ1n) is 5.32. The van der Waals surface area contributed by atoms with E-state index in [1.54, 1.807) is 6.92 Å². The highest BCUT2D eigenvalue weighted by Gasteiger charge is 2.22. The SMILES string of the molecule is CCOC(=O)CCC(=O)N[C@@H](CC(N)=O)C(=O)O. The third-order valence-corrected chi connectivity index (χ3v) is 1.90. The van der Waals surface area contributed by atoms with Crippen molar-refractivity contribution in [1.29, 1.82) is 0 Å². The molecular weight excluding hydrogens is 244 g/mol. The second-order valence-corrected chi connectivity index (χ2v) is 3.43. The van der Waals surface area contributed by atoms with Crippen LogP contribution in [-0.2, 0) is 23.9 Å². The number of amides is 2. The number of hydrogen-bond acceptors (Lipinski definition) is 5. The Kier molecular flexibility index (Phi) is 7.10. The zero-order valence-corrected chi connectivity index (χ0v) is 9.97. The average molecular weight is 260 g/mol. The standard InChI is InChI=1S/C10H16N2O6/c1-2-18-9(15)4-3-8(14)12-6(10(16)17)5-7(11)13/h6H,2-5H2,1H3,(H2,11,13)(H,12,14)(H,16,17)/t6-/m0/s1. The molecule has 0 saturated heterocycles. The van der Waals surface area contributed by atoms with Crippen LogP contribution in [0.5, 0.6) is 0 Å². The average Bonchev–Trinajstić information content (AvgIpc) is 2.25. The van der Waals surface area contributed by atoms with Gasteiger partial charge in [-0.05, 0) is 6.92 Å². The molecule has 0 aliphatic rings. The summed E-state index contributed by atoms with van der Waals surface area (Å²) >= 11 is 0. The van der Waals surface area contributed by atoms with Crippen LogP contribution >= 0.6 is 0 Å². The summed E-state index contributed by atoms with van der Waals surface area (Å²) in [5.74, 6) is -3.41. The third kappa shape index (κ3) is 7.20. The zero-order chi connectivity index (χ0) is 14.1. The number of carboxylic acids is 1. The maximum atomic E-state index is 11.3. The molecule has 8 nitrogen and oxygen atoms in total. The lowest BCUT2D eigenvalue weighted by Gasteiger charge is -2.12. The molecule has 0 bridgehead atoms. The summed E-state index contributed by atoms with van der Waals surface area (Å²) in [7, 11) is 0. The summed E-state index contributed by atoms with van der Waals surface area (Å²) in [6.45, 7) is 1.84. The van der Waals surface area contributed by atoms with Crippen molar-refractivity contribution in [2.24, 2.45) is 5.73 Å². The van der Waals surface area contributed by atoms with Gasteiger partial charge in [0, 0.05) is 6.42 Å². The molecule has 8 heteroatoms. The normalized spacial score (nSPS) is 11.4. The van der Waals surface area contributed by atoms with Gasteiger partial charge in [-0.25, -0.2) is 4.79 Å². The molecule has 0 unspecified atom stereocenters. The minimum Gasteiger partial charge on any atom is -0.480 e. The molecule has 1 atom stereocenters. The lowest BCUT2D eigenvalue weighted by atomic mass is 10.2. The molecular formula is C10H16N2O6. The number of aliphatic carboxylic acids is 1. The Labute approximate surface area is 103 Å². The summed E-state index contributed by atoms with van der Waals surface area (Å²) in [6, 6.07) is -1.38. The maximum absolute atomic E-state index is 11.3. The number of nitrogens with one attached hydrogen (secondary N) is 1. The van der Waals surface area contributed by atoms with Crippen molar-refractivity contribution in [3.8, 4) is 0 Å². The molecule has 0 saturated carbocycles. The van der Waals surface area contributed by atoms with Crippen molar-refractivity contribution < 1.29 is 29.0 Å². The lowest BCUT2D eigenvalue weighted by molar-refractivity contribution is -0.145. The molecule has 2 amide bonds. The molecule has 0 rings (SSSR count). The van der Waals surface area contributed by atoms with Crippen LogP contribution in [0.15, 0.2) is 0 Å². The van der Waals surface area contributed by atoms with Gasteiger partial charge in [0.15, 0.2) is 0 Å². The monoisotopic (exact) mass is 260 g/mol. The van der Waals surface area contributed by atoms with Gasteiger partial charge >= 0.3 is 11.9 Å². The fraction of sp³-hybridized carbons (Fsp3) is 0.600.